The fourth-order valence-corrected chi connectivity index (χ4v) is 2.28. The number of benzene rings is 1. The molecule has 7 heteroatoms. The molecule has 0 bridgehead atoms. The molecule has 2 aromatic heterocycles. The highest BCUT2D eigenvalue weighted by molar-refractivity contribution is 7.71. The topological polar surface area (TPSA) is 62.3 Å². The first-order valence-electron chi connectivity index (χ1n) is 6.16. The van der Waals surface area contributed by atoms with E-state index in [4.69, 9.17) is 12.2 Å². The molecule has 0 aliphatic carbocycles. The van der Waals surface area contributed by atoms with Crippen molar-refractivity contribution in [3.05, 3.63) is 40.9 Å². The monoisotopic (exact) mass is 289 g/mol. The SMILES string of the molecule is CCn1c(-c2cc(-c3ccc(F)cc3)n[nH]2)n[nH]c1=S. The standard InChI is InChI=1S/C13H12FN5S/c1-2-19-12(17-18-13(19)20)11-7-10(15-16-11)8-3-5-9(14)6-4-8/h3-7H,2H2,1H3,(H,15,16)(H,18,20). The lowest BCUT2D eigenvalue weighted by molar-refractivity contribution is 0.628. The van der Waals surface area contributed by atoms with Crippen LogP contribution in [-0.4, -0.2) is 25.0 Å². The Morgan fingerprint density at radius 3 is 2.65 bits per heavy atom. The van der Waals surface area contributed by atoms with Crippen molar-refractivity contribution in [1.82, 2.24) is 25.0 Å². The lowest BCUT2D eigenvalue weighted by Gasteiger charge is -1.99. The fourth-order valence-electron chi connectivity index (χ4n) is 2.02. The number of hydrogen-bond acceptors (Lipinski definition) is 3. The summed E-state index contributed by atoms with van der Waals surface area (Å²) in [4.78, 5) is 0. The largest absolute Gasteiger partial charge is 0.299 e. The van der Waals surface area contributed by atoms with Gasteiger partial charge in [-0.2, -0.15) is 10.2 Å². The Labute approximate surface area is 119 Å². The van der Waals surface area contributed by atoms with Crippen LogP contribution in [0.1, 0.15) is 6.92 Å². The second kappa shape index (κ2) is 5.01. The minimum absolute atomic E-state index is 0.267. The number of aromatic nitrogens is 5. The Bertz CT molecular complexity index is 784. The van der Waals surface area contributed by atoms with Gasteiger partial charge in [-0.1, -0.05) is 0 Å². The first kappa shape index (κ1) is 12.7. The third-order valence-corrected chi connectivity index (χ3v) is 3.34. The second-order valence-corrected chi connectivity index (χ2v) is 4.66. The average Bonchev–Trinajstić information content (AvgIpc) is 3.06. The molecular formula is C13H12FN5S. The van der Waals surface area contributed by atoms with Crippen molar-refractivity contribution in [3.8, 4) is 22.8 Å². The quantitative estimate of drug-likeness (QED) is 0.728. The summed E-state index contributed by atoms with van der Waals surface area (Å²) in [5, 5.41) is 14.1. The van der Waals surface area contributed by atoms with Crippen molar-refractivity contribution < 1.29 is 4.39 Å². The van der Waals surface area contributed by atoms with Crippen LogP contribution in [0.3, 0.4) is 0 Å². The molecule has 0 saturated heterocycles. The van der Waals surface area contributed by atoms with Crippen molar-refractivity contribution in [2.75, 3.05) is 0 Å². The molecule has 0 atom stereocenters. The summed E-state index contributed by atoms with van der Waals surface area (Å²) in [5.74, 6) is 0.440. The van der Waals surface area contributed by atoms with E-state index in [1.54, 1.807) is 12.1 Å². The van der Waals surface area contributed by atoms with E-state index in [1.165, 1.54) is 12.1 Å². The van der Waals surface area contributed by atoms with E-state index >= 15 is 0 Å². The summed E-state index contributed by atoms with van der Waals surface area (Å²) in [5.41, 5.74) is 2.33. The molecule has 3 rings (SSSR count). The molecule has 2 heterocycles. The highest BCUT2D eigenvalue weighted by atomic mass is 32.1. The van der Waals surface area contributed by atoms with Crippen molar-refractivity contribution in [2.24, 2.45) is 0 Å². The van der Waals surface area contributed by atoms with E-state index in [2.05, 4.69) is 20.4 Å². The van der Waals surface area contributed by atoms with E-state index in [0.29, 0.717) is 10.6 Å². The average molecular weight is 289 g/mol. The van der Waals surface area contributed by atoms with E-state index in [0.717, 1.165) is 23.5 Å². The van der Waals surface area contributed by atoms with Gasteiger partial charge in [-0.3, -0.25) is 14.8 Å². The molecule has 0 saturated carbocycles. The van der Waals surface area contributed by atoms with E-state index in [9.17, 15) is 4.39 Å². The Kier molecular flexibility index (Phi) is 3.19. The number of nitrogens with one attached hydrogen (secondary N) is 2. The summed E-state index contributed by atoms with van der Waals surface area (Å²) in [6, 6.07) is 8.06. The van der Waals surface area contributed by atoms with Gasteiger partial charge in [0.2, 0.25) is 0 Å². The molecule has 3 aromatic rings. The van der Waals surface area contributed by atoms with Crippen LogP contribution in [-0.2, 0) is 6.54 Å². The van der Waals surface area contributed by atoms with E-state index in [1.807, 2.05) is 17.6 Å². The molecule has 1 aromatic carbocycles. The number of aromatic amines is 2. The lowest BCUT2D eigenvalue weighted by atomic mass is 10.1. The Morgan fingerprint density at radius 1 is 1.20 bits per heavy atom. The molecule has 0 aliphatic heterocycles. The van der Waals surface area contributed by atoms with Crippen LogP contribution in [0.5, 0.6) is 0 Å². The van der Waals surface area contributed by atoms with Crippen LogP contribution in [0, 0.1) is 10.6 Å². The van der Waals surface area contributed by atoms with Gasteiger partial charge in [0.1, 0.15) is 11.5 Å². The Balaban J connectivity index is 2.01. The smallest absolute Gasteiger partial charge is 0.195 e. The predicted molar refractivity (Wildman–Crippen MR) is 76.1 cm³/mol. The Hall–Kier alpha value is -2.28. The van der Waals surface area contributed by atoms with Gasteiger partial charge in [-0.15, -0.1) is 0 Å². The molecular weight excluding hydrogens is 277 g/mol. The van der Waals surface area contributed by atoms with Crippen LogP contribution in [0.2, 0.25) is 0 Å². The van der Waals surface area contributed by atoms with Gasteiger partial charge in [0, 0.05) is 12.1 Å². The molecule has 0 amide bonds. The number of halogens is 1. The molecule has 20 heavy (non-hydrogen) atoms. The highest BCUT2D eigenvalue weighted by Crippen LogP contribution is 2.22. The lowest BCUT2D eigenvalue weighted by Crippen LogP contribution is -1.97. The van der Waals surface area contributed by atoms with Gasteiger partial charge in [-0.05, 0) is 49.5 Å². The first-order chi connectivity index (χ1) is 9.69. The summed E-state index contributed by atoms with van der Waals surface area (Å²) < 4.78 is 15.4. The number of nitrogens with zero attached hydrogens (tertiary/aromatic N) is 3. The van der Waals surface area contributed by atoms with Crippen LogP contribution < -0.4 is 0 Å². The molecule has 2 N–H and O–H groups in total. The number of H-pyrrole nitrogens is 2. The van der Waals surface area contributed by atoms with E-state index in [-0.39, 0.29) is 5.82 Å². The van der Waals surface area contributed by atoms with Crippen molar-refractivity contribution in [2.45, 2.75) is 13.5 Å². The van der Waals surface area contributed by atoms with Gasteiger partial charge in [0.15, 0.2) is 10.6 Å². The number of hydrogen-bond donors (Lipinski definition) is 2. The van der Waals surface area contributed by atoms with Crippen LogP contribution >= 0.6 is 12.2 Å². The van der Waals surface area contributed by atoms with Crippen molar-refractivity contribution in [3.63, 3.8) is 0 Å². The fraction of sp³-hybridized carbons (Fsp3) is 0.154. The maximum atomic E-state index is 12.9. The molecule has 102 valence electrons. The van der Waals surface area contributed by atoms with Gasteiger partial charge in [-0.25, -0.2) is 4.39 Å². The summed E-state index contributed by atoms with van der Waals surface area (Å²) in [7, 11) is 0. The van der Waals surface area contributed by atoms with E-state index < -0.39 is 0 Å². The first-order valence-corrected chi connectivity index (χ1v) is 6.57. The molecule has 0 radical (unpaired) electrons. The minimum atomic E-state index is -0.267. The minimum Gasteiger partial charge on any atom is -0.299 e. The summed E-state index contributed by atoms with van der Waals surface area (Å²) in [6.07, 6.45) is 0. The van der Waals surface area contributed by atoms with Gasteiger partial charge < -0.3 is 0 Å². The van der Waals surface area contributed by atoms with Crippen molar-refractivity contribution in [1.29, 1.82) is 0 Å². The zero-order chi connectivity index (χ0) is 14.1. The predicted octanol–water partition coefficient (Wildman–Crippen LogP) is 3.16. The summed E-state index contributed by atoms with van der Waals surface area (Å²) >= 11 is 5.16. The molecule has 0 unspecified atom stereocenters. The van der Waals surface area contributed by atoms with Gasteiger partial charge in [0.25, 0.3) is 0 Å². The van der Waals surface area contributed by atoms with Crippen LogP contribution in [0.25, 0.3) is 22.8 Å². The highest BCUT2D eigenvalue weighted by Gasteiger charge is 2.11. The van der Waals surface area contributed by atoms with Crippen LogP contribution in [0.15, 0.2) is 30.3 Å². The normalized spacial score (nSPS) is 10.9. The molecule has 0 spiro atoms. The van der Waals surface area contributed by atoms with Crippen molar-refractivity contribution >= 4 is 12.2 Å². The maximum absolute atomic E-state index is 12.9. The maximum Gasteiger partial charge on any atom is 0.195 e. The molecule has 0 aliphatic rings. The third-order valence-electron chi connectivity index (χ3n) is 3.03. The molecule has 5 nitrogen and oxygen atoms in total. The van der Waals surface area contributed by atoms with Gasteiger partial charge >= 0.3 is 0 Å². The van der Waals surface area contributed by atoms with Crippen LogP contribution in [0.4, 0.5) is 4.39 Å². The second-order valence-electron chi connectivity index (χ2n) is 4.27. The molecule has 0 fully saturated rings. The summed E-state index contributed by atoms with van der Waals surface area (Å²) in [6.45, 7) is 2.71. The van der Waals surface area contributed by atoms with Gasteiger partial charge in [0.05, 0.1) is 5.69 Å². The number of rotatable bonds is 3. The zero-order valence-corrected chi connectivity index (χ0v) is 11.5. The Morgan fingerprint density at radius 2 is 1.95 bits per heavy atom. The third kappa shape index (κ3) is 2.16. The zero-order valence-electron chi connectivity index (χ0n) is 10.7.